The molecular formula is C17H26BrN. The van der Waals surface area contributed by atoms with E-state index in [1.807, 2.05) is 0 Å². The zero-order valence-electron chi connectivity index (χ0n) is 12.2. The van der Waals surface area contributed by atoms with Gasteiger partial charge < -0.3 is 5.32 Å². The van der Waals surface area contributed by atoms with Crippen LogP contribution in [0.1, 0.15) is 57.9 Å². The van der Waals surface area contributed by atoms with E-state index >= 15 is 0 Å². The SMILES string of the molecule is CCCC(CCC)(CNC1CC1)c1ccc(Br)cc1. The van der Waals surface area contributed by atoms with Gasteiger partial charge in [0.1, 0.15) is 0 Å². The van der Waals surface area contributed by atoms with Crippen molar-refractivity contribution in [3.05, 3.63) is 34.3 Å². The van der Waals surface area contributed by atoms with Crippen molar-refractivity contribution < 1.29 is 0 Å². The first-order chi connectivity index (χ1) is 9.20. The van der Waals surface area contributed by atoms with Crippen LogP contribution in [0, 0.1) is 0 Å². The second-order valence-electron chi connectivity index (χ2n) is 5.94. The van der Waals surface area contributed by atoms with Gasteiger partial charge in [-0.05, 0) is 43.4 Å². The topological polar surface area (TPSA) is 12.0 Å². The Morgan fingerprint density at radius 2 is 1.68 bits per heavy atom. The lowest BCUT2D eigenvalue weighted by Crippen LogP contribution is -2.39. The van der Waals surface area contributed by atoms with Crippen LogP contribution in [-0.2, 0) is 5.41 Å². The van der Waals surface area contributed by atoms with Crippen LogP contribution in [-0.4, -0.2) is 12.6 Å². The molecular weight excluding hydrogens is 298 g/mol. The lowest BCUT2D eigenvalue weighted by atomic mass is 9.73. The van der Waals surface area contributed by atoms with Crippen LogP contribution < -0.4 is 5.32 Å². The van der Waals surface area contributed by atoms with Crippen LogP contribution >= 0.6 is 15.9 Å². The Bertz CT molecular complexity index is 375. The summed E-state index contributed by atoms with van der Waals surface area (Å²) in [6.45, 7) is 5.75. The number of halogens is 1. The molecule has 0 heterocycles. The van der Waals surface area contributed by atoms with Gasteiger partial charge in [0.2, 0.25) is 0 Å². The molecule has 0 atom stereocenters. The van der Waals surface area contributed by atoms with E-state index in [4.69, 9.17) is 0 Å². The van der Waals surface area contributed by atoms with Gasteiger partial charge in [-0.25, -0.2) is 0 Å². The summed E-state index contributed by atoms with van der Waals surface area (Å²) in [5, 5.41) is 3.77. The molecule has 2 heteroatoms. The zero-order chi connectivity index (χ0) is 13.7. The largest absolute Gasteiger partial charge is 0.313 e. The zero-order valence-corrected chi connectivity index (χ0v) is 13.8. The maximum absolute atomic E-state index is 3.77. The van der Waals surface area contributed by atoms with Crippen molar-refractivity contribution >= 4 is 15.9 Å². The van der Waals surface area contributed by atoms with Gasteiger partial charge >= 0.3 is 0 Å². The Morgan fingerprint density at radius 1 is 1.11 bits per heavy atom. The van der Waals surface area contributed by atoms with Crippen molar-refractivity contribution in [2.24, 2.45) is 0 Å². The van der Waals surface area contributed by atoms with Crippen molar-refractivity contribution in [1.82, 2.24) is 5.32 Å². The smallest absolute Gasteiger partial charge is 0.0175 e. The van der Waals surface area contributed by atoms with Crippen LogP contribution in [0.2, 0.25) is 0 Å². The van der Waals surface area contributed by atoms with Crippen LogP contribution in [0.25, 0.3) is 0 Å². The monoisotopic (exact) mass is 323 g/mol. The summed E-state index contributed by atoms with van der Waals surface area (Å²) < 4.78 is 1.17. The van der Waals surface area contributed by atoms with Crippen LogP contribution in [0.4, 0.5) is 0 Å². The molecule has 1 nitrogen and oxygen atoms in total. The first-order valence-electron chi connectivity index (χ1n) is 7.69. The molecule has 1 fully saturated rings. The van der Waals surface area contributed by atoms with Gasteiger partial charge in [0.25, 0.3) is 0 Å². The number of hydrogen-bond acceptors (Lipinski definition) is 1. The van der Waals surface area contributed by atoms with E-state index in [-0.39, 0.29) is 0 Å². The van der Waals surface area contributed by atoms with E-state index in [1.54, 1.807) is 0 Å². The fraction of sp³-hybridized carbons (Fsp3) is 0.647. The summed E-state index contributed by atoms with van der Waals surface area (Å²) in [7, 11) is 0. The van der Waals surface area contributed by atoms with Gasteiger partial charge in [-0.2, -0.15) is 0 Å². The molecule has 2 rings (SSSR count). The van der Waals surface area contributed by atoms with Gasteiger partial charge in [0, 0.05) is 22.5 Å². The third kappa shape index (κ3) is 4.06. The van der Waals surface area contributed by atoms with Crippen molar-refractivity contribution in [2.45, 2.75) is 63.8 Å². The molecule has 1 saturated carbocycles. The average molecular weight is 324 g/mol. The second kappa shape index (κ2) is 6.90. The normalized spacial score (nSPS) is 15.7. The van der Waals surface area contributed by atoms with Gasteiger partial charge in [0.15, 0.2) is 0 Å². The molecule has 106 valence electrons. The Hall–Kier alpha value is -0.340. The van der Waals surface area contributed by atoms with Crippen molar-refractivity contribution in [3.8, 4) is 0 Å². The van der Waals surface area contributed by atoms with E-state index in [0.717, 1.165) is 12.6 Å². The maximum Gasteiger partial charge on any atom is 0.0175 e. The molecule has 1 aromatic carbocycles. The maximum atomic E-state index is 3.77. The van der Waals surface area contributed by atoms with E-state index in [2.05, 4.69) is 59.4 Å². The van der Waals surface area contributed by atoms with E-state index in [1.165, 1.54) is 48.6 Å². The Labute approximate surface area is 126 Å². The van der Waals surface area contributed by atoms with E-state index in [0.29, 0.717) is 5.41 Å². The minimum Gasteiger partial charge on any atom is -0.313 e. The predicted octanol–water partition coefficient (Wildman–Crippen LogP) is 5.04. The highest BCUT2D eigenvalue weighted by molar-refractivity contribution is 9.10. The van der Waals surface area contributed by atoms with Crippen molar-refractivity contribution in [1.29, 1.82) is 0 Å². The summed E-state index contributed by atoms with van der Waals surface area (Å²) >= 11 is 3.55. The minimum atomic E-state index is 0.326. The highest BCUT2D eigenvalue weighted by atomic mass is 79.9. The molecule has 0 aliphatic heterocycles. The predicted molar refractivity (Wildman–Crippen MR) is 86.7 cm³/mol. The highest BCUT2D eigenvalue weighted by Crippen LogP contribution is 2.35. The van der Waals surface area contributed by atoms with Gasteiger partial charge in [-0.15, -0.1) is 0 Å². The van der Waals surface area contributed by atoms with Gasteiger partial charge in [0.05, 0.1) is 0 Å². The van der Waals surface area contributed by atoms with Crippen LogP contribution in [0.3, 0.4) is 0 Å². The molecule has 0 aromatic heterocycles. The molecule has 0 unspecified atom stereocenters. The Balaban J connectivity index is 2.19. The number of benzene rings is 1. The fourth-order valence-electron chi connectivity index (χ4n) is 3.08. The van der Waals surface area contributed by atoms with E-state index in [9.17, 15) is 0 Å². The minimum absolute atomic E-state index is 0.326. The van der Waals surface area contributed by atoms with Crippen LogP contribution in [0.5, 0.6) is 0 Å². The van der Waals surface area contributed by atoms with Gasteiger partial charge in [-0.3, -0.25) is 0 Å². The molecule has 0 bridgehead atoms. The Morgan fingerprint density at radius 3 is 2.16 bits per heavy atom. The lowest BCUT2D eigenvalue weighted by Gasteiger charge is -2.35. The lowest BCUT2D eigenvalue weighted by molar-refractivity contribution is 0.334. The number of hydrogen-bond donors (Lipinski definition) is 1. The fourth-order valence-corrected chi connectivity index (χ4v) is 3.34. The quantitative estimate of drug-likeness (QED) is 0.706. The molecule has 0 radical (unpaired) electrons. The summed E-state index contributed by atoms with van der Waals surface area (Å²) in [4.78, 5) is 0. The number of nitrogens with one attached hydrogen (secondary N) is 1. The third-order valence-electron chi connectivity index (χ3n) is 4.22. The molecule has 1 aliphatic carbocycles. The highest BCUT2D eigenvalue weighted by Gasteiger charge is 2.32. The van der Waals surface area contributed by atoms with Crippen molar-refractivity contribution in [2.75, 3.05) is 6.54 Å². The summed E-state index contributed by atoms with van der Waals surface area (Å²) in [6.07, 6.45) is 7.80. The van der Waals surface area contributed by atoms with E-state index < -0.39 is 0 Å². The molecule has 19 heavy (non-hydrogen) atoms. The standard InChI is InChI=1S/C17H26BrN/c1-3-11-17(12-4-2,13-19-16-9-10-16)14-5-7-15(18)8-6-14/h5-8,16,19H,3-4,9-13H2,1-2H3. The summed E-state index contributed by atoms with van der Waals surface area (Å²) in [5.74, 6) is 0. The summed E-state index contributed by atoms with van der Waals surface area (Å²) in [6, 6.07) is 9.79. The first-order valence-corrected chi connectivity index (χ1v) is 8.49. The Kier molecular flexibility index (Phi) is 5.47. The molecule has 1 N–H and O–H groups in total. The van der Waals surface area contributed by atoms with Gasteiger partial charge in [-0.1, -0.05) is 54.8 Å². The molecule has 1 aliphatic rings. The molecule has 0 amide bonds. The molecule has 0 saturated heterocycles. The molecule has 1 aromatic rings. The summed E-state index contributed by atoms with van der Waals surface area (Å²) in [5.41, 5.74) is 1.83. The first kappa shape index (κ1) is 15.1. The van der Waals surface area contributed by atoms with Crippen LogP contribution in [0.15, 0.2) is 28.7 Å². The third-order valence-corrected chi connectivity index (χ3v) is 4.75. The average Bonchev–Trinajstić information content (AvgIpc) is 3.21. The molecule has 0 spiro atoms. The number of rotatable bonds is 8. The van der Waals surface area contributed by atoms with Crippen molar-refractivity contribution in [3.63, 3.8) is 0 Å². The second-order valence-corrected chi connectivity index (χ2v) is 6.86.